The van der Waals surface area contributed by atoms with Gasteiger partial charge < -0.3 is 10.1 Å². The highest BCUT2D eigenvalue weighted by atomic mass is 35.5. The van der Waals surface area contributed by atoms with Crippen molar-refractivity contribution in [2.75, 3.05) is 5.32 Å². The number of nitrogens with one attached hydrogen (secondary N) is 2. The van der Waals surface area contributed by atoms with E-state index < -0.39 is 5.97 Å². The molecule has 0 saturated heterocycles. The predicted octanol–water partition coefficient (Wildman–Crippen LogP) is 5.19. The third kappa shape index (κ3) is 6.14. The summed E-state index contributed by atoms with van der Waals surface area (Å²) in [6, 6.07) is 21.4. The van der Waals surface area contributed by atoms with E-state index in [1.54, 1.807) is 42.5 Å². The number of carbonyl (C=O) groups is 1. The number of hydrogen-bond donors (Lipinski definition) is 2. The first-order valence-corrected chi connectivity index (χ1v) is 9.53. The Kier molecular flexibility index (Phi) is 6.94. The number of halogens is 1. The van der Waals surface area contributed by atoms with E-state index in [9.17, 15) is 4.79 Å². The molecule has 3 aromatic carbocycles. The topological polar surface area (TPSA) is 62.7 Å². The van der Waals surface area contributed by atoms with Crippen molar-refractivity contribution >= 4 is 46.8 Å². The molecule has 0 heterocycles. The van der Waals surface area contributed by atoms with Crippen molar-refractivity contribution in [3.8, 4) is 5.75 Å². The van der Waals surface area contributed by atoms with Crippen LogP contribution in [0.3, 0.4) is 0 Å². The van der Waals surface area contributed by atoms with E-state index in [1.807, 2.05) is 37.3 Å². The van der Waals surface area contributed by atoms with Crippen LogP contribution in [0.15, 0.2) is 77.9 Å². The Morgan fingerprint density at radius 2 is 1.83 bits per heavy atom. The molecule has 0 spiro atoms. The Balaban J connectivity index is 1.63. The summed E-state index contributed by atoms with van der Waals surface area (Å²) in [5, 5.41) is 8.08. The highest BCUT2D eigenvalue weighted by Gasteiger charge is 2.10. The van der Waals surface area contributed by atoms with Gasteiger partial charge in [-0.15, -0.1) is 0 Å². The van der Waals surface area contributed by atoms with Gasteiger partial charge in [0.15, 0.2) is 5.11 Å². The molecule has 0 atom stereocenters. The van der Waals surface area contributed by atoms with Crippen molar-refractivity contribution in [3.63, 3.8) is 0 Å². The van der Waals surface area contributed by atoms with Gasteiger partial charge in [-0.3, -0.25) is 5.43 Å². The molecule has 0 amide bonds. The molecule has 3 aromatic rings. The molecule has 0 radical (unpaired) electrons. The van der Waals surface area contributed by atoms with E-state index in [2.05, 4.69) is 15.8 Å². The van der Waals surface area contributed by atoms with Crippen LogP contribution in [0.2, 0.25) is 5.02 Å². The van der Waals surface area contributed by atoms with Crippen LogP contribution in [0.5, 0.6) is 5.75 Å². The summed E-state index contributed by atoms with van der Waals surface area (Å²) in [7, 11) is 0. The highest BCUT2D eigenvalue weighted by molar-refractivity contribution is 7.80. The van der Waals surface area contributed by atoms with Crippen LogP contribution in [0.1, 0.15) is 21.5 Å². The summed E-state index contributed by atoms with van der Waals surface area (Å²) >= 11 is 11.1. The molecule has 0 bridgehead atoms. The Hall–Kier alpha value is -3.22. The quantitative estimate of drug-likeness (QED) is 0.194. The third-order valence-corrected chi connectivity index (χ3v) is 4.29. The number of nitrogens with zero attached hydrogens (tertiary/aromatic N) is 1. The number of esters is 1. The second-order valence-electron chi connectivity index (χ2n) is 6.13. The number of anilines is 1. The van der Waals surface area contributed by atoms with Crippen LogP contribution in [-0.2, 0) is 0 Å². The third-order valence-electron chi connectivity index (χ3n) is 3.85. The van der Waals surface area contributed by atoms with Gasteiger partial charge in [0, 0.05) is 16.3 Å². The zero-order valence-electron chi connectivity index (χ0n) is 15.6. The summed E-state index contributed by atoms with van der Waals surface area (Å²) in [5.41, 5.74) is 5.78. The number of hydrazone groups is 1. The first kappa shape index (κ1) is 20.5. The minimum Gasteiger partial charge on any atom is -0.422 e. The Morgan fingerprint density at radius 3 is 2.59 bits per heavy atom. The zero-order chi connectivity index (χ0) is 20.6. The summed E-state index contributed by atoms with van der Waals surface area (Å²) in [6.07, 6.45) is 1.54. The van der Waals surface area contributed by atoms with Crippen LogP contribution < -0.4 is 15.5 Å². The maximum absolute atomic E-state index is 12.3. The van der Waals surface area contributed by atoms with Crippen LogP contribution in [0, 0.1) is 6.92 Å². The molecule has 5 nitrogen and oxygen atoms in total. The molecule has 0 aliphatic heterocycles. The fraction of sp³-hybridized carbons (Fsp3) is 0.0455. The number of rotatable bonds is 5. The minimum absolute atomic E-state index is 0.350. The average Bonchev–Trinajstić information content (AvgIpc) is 2.70. The minimum atomic E-state index is -0.480. The molecule has 146 valence electrons. The Bertz CT molecular complexity index is 1050. The molecule has 2 N–H and O–H groups in total. The number of benzene rings is 3. The first-order valence-electron chi connectivity index (χ1n) is 8.75. The van der Waals surface area contributed by atoms with Crippen LogP contribution >= 0.6 is 23.8 Å². The van der Waals surface area contributed by atoms with Gasteiger partial charge in [0.25, 0.3) is 0 Å². The lowest BCUT2D eigenvalue weighted by Gasteiger charge is -2.09. The number of carbonyl (C=O) groups excluding carboxylic acids is 1. The van der Waals surface area contributed by atoms with Gasteiger partial charge in [0.2, 0.25) is 0 Å². The summed E-state index contributed by atoms with van der Waals surface area (Å²) in [5.74, 6) is -0.0947. The molecule has 0 saturated carbocycles. The second-order valence-corrected chi connectivity index (χ2v) is 6.97. The Morgan fingerprint density at radius 1 is 1.07 bits per heavy atom. The van der Waals surface area contributed by atoms with Gasteiger partial charge in [0.1, 0.15) is 5.75 Å². The van der Waals surface area contributed by atoms with E-state index in [0.29, 0.717) is 27.0 Å². The lowest BCUT2D eigenvalue weighted by molar-refractivity contribution is 0.0734. The summed E-state index contributed by atoms with van der Waals surface area (Å²) in [6.45, 7) is 2.00. The molecule has 29 heavy (non-hydrogen) atoms. The number of hydrogen-bond acceptors (Lipinski definition) is 4. The molecule has 0 unspecified atom stereocenters. The summed E-state index contributed by atoms with van der Waals surface area (Å²) in [4.78, 5) is 12.3. The number of thiocarbonyl (C=S) groups is 1. The lowest BCUT2D eigenvalue weighted by atomic mass is 10.2. The van der Waals surface area contributed by atoms with Crippen LogP contribution in [0.25, 0.3) is 0 Å². The van der Waals surface area contributed by atoms with Crippen molar-refractivity contribution in [1.82, 2.24) is 5.43 Å². The maximum Gasteiger partial charge on any atom is 0.343 e. The molecular weight excluding hydrogens is 406 g/mol. The molecule has 7 heteroatoms. The van der Waals surface area contributed by atoms with Gasteiger partial charge in [-0.25, -0.2) is 4.79 Å². The van der Waals surface area contributed by atoms with Gasteiger partial charge in [0.05, 0.1) is 11.8 Å². The molecule has 0 aliphatic carbocycles. The molecule has 0 fully saturated rings. The standard InChI is InChI=1S/C22H18ClN3O2S/c1-15-5-4-7-19(13-15)25-22(29)26-24-14-17-6-2-3-8-20(17)28-21(27)16-9-11-18(23)12-10-16/h2-14H,1H3,(H2,25,26,29)/b24-14+. The van der Waals surface area contributed by atoms with Crippen molar-refractivity contribution in [1.29, 1.82) is 0 Å². The zero-order valence-corrected chi connectivity index (χ0v) is 17.1. The van der Waals surface area contributed by atoms with Crippen molar-refractivity contribution < 1.29 is 9.53 Å². The molecule has 0 aliphatic rings. The fourth-order valence-corrected chi connectivity index (χ4v) is 2.76. The van der Waals surface area contributed by atoms with E-state index in [1.165, 1.54) is 6.21 Å². The highest BCUT2D eigenvalue weighted by Crippen LogP contribution is 2.18. The maximum atomic E-state index is 12.3. The second kappa shape index (κ2) is 9.82. The van der Waals surface area contributed by atoms with E-state index in [4.69, 9.17) is 28.6 Å². The lowest BCUT2D eigenvalue weighted by Crippen LogP contribution is -2.23. The monoisotopic (exact) mass is 423 g/mol. The number of para-hydroxylation sites is 1. The van der Waals surface area contributed by atoms with E-state index >= 15 is 0 Å². The largest absolute Gasteiger partial charge is 0.422 e. The van der Waals surface area contributed by atoms with E-state index in [-0.39, 0.29) is 0 Å². The molecular formula is C22H18ClN3O2S. The number of ether oxygens (including phenoxy) is 1. The van der Waals surface area contributed by atoms with E-state index in [0.717, 1.165) is 11.3 Å². The SMILES string of the molecule is Cc1cccc(NC(=S)N/N=C/c2ccccc2OC(=O)c2ccc(Cl)cc2)c1. The van der Waals surface area contributed by atoms with Crippen LogP contribution in [-0.4, -0.2) is 17.3 Å². The van der Waals surface area contributed by atoms with Crippen molar-refractivity contribution in [3.05, 3.63) is 94.5 Å². The van der Waals surface area contributed by atoms with Crippen LogP contribution in [0.4, 0.5) is 5.69 Å². The molecule has 0 aromatic heterocycles. The average molecular weight is 424 g/mol. The normalized spacial score (nSPS) is 10.6. The fourth-order valence-electron chi connectivity index (χ4n) is 2.47. The van der Waals surface area contributed by atoms with Crippen molar-refractivity contribution in [2.24, 2.45) is 5.10 Å². The van der Waals surface area contributed by atoms with Gasteiger partial charge in [-0.1, -0.05) is 35.9 Å². The predicted molar refractivity (Wildman–Crippen MR) is 121 cm³/mol. The number of aryl methyl sites for hydroxylation is 1. The summed E-state index contributed by atoms with van der Waals surface area (Å²) < 4.78 is 5.49. The molecule has 3 rings (SSSR count). The van der Waals surface area contributed by atoms with Crippen molar-refractivity contribution in [2.45, 2.75) is 6.92 Å². The van der Waals surface area contributed by atoms with Gasteiger partial charge >= 0.3 is 5.97 Å². The Labute approximate surface area is 179 Å². The van der Waals surface area contributed by atoms with Gasteiger partial charge in [-0.05, 0) is 73.2 Å². The van der Waals surface area contributed by atoms with Gasteiger partial charge in [-0.2, -0.15) is 5.10 Å². The first-order chi connectivity index (χ1) is 14.0. The smallest absolute Gasteiger partial charge is 0.343 e.